The molecule has 0 saturated carbocycles. The first-order chi connectivity index (χ1) is 10.2. The Hall–Kier alpha value is -2.55. The number of anilines is 1. The van der Waals surface area contributed by atoms with Crippen molar-refractivity contribution in [3.63, 3.8) is 0 Å². The highest BCUT2D eigenvalue weighted by molar-refractivity contribution is 7.92. The third kappa shape index (κ3) is 3.19. The molecule has 1 N–H and O–H groups in total. The molecule has 2 rings (SSSR count). The fraction of sp³-hybridized carbons (Fsp3) is 0.0769. The molecule has 116 valence electrons. The van der Waals surface area contributed by atoms with Gasteiger partial charge in [-0.15, -0.1) is 0 Å². The SMILES string of the molecule is Cc1ccc(S(=O)(=O)Nc2cc(F)ccc2F)cc1[N+](=O)[O-]. The van der Waals surface area contributed by atoms with E-state index >= 15 is 0 Å². The van der Waals surface area contributed by atoms with Gasteiger partial charge >= 0.3 is 0 Å². The van der Waals surface area contributed by atoms with Crippen LogP contribution in [0.1, 0.15) is 5.56 Å². The number of nitro benzene ring substituents is 1. The Morgan fingerprint density at radius 1 is 1.14 bits per heavy atom. The van der Waals surface area contributed by atoms with Crippen molar-refractivity contribution in [2.45, 2.75) is 11.8 Å². The first kappa shape index (κ1) is 15.8. The summed E-state index contributed by atoms with van der Waals surface area (Å²) in [6.07, 6.45) is 0. The van der Waals surface area contributed by atoms with E-state index in [1.165, 1.54) is 13.0 Å². The summed E-state index contributed by atoms with van der Waals surface area (Å²) >= 11 is 0. The number of nitrogens with zero attached hydrogens (tertiary/aromatic N) is 1. The van der Waals surface area contributed by atoms with Gasteiger partial charge < -0.3 is 0 Å². The third-order valence-corrected chi connectivity index (χ3v) is 4.22. The molecule has 0 aliphatic carbocycles. The van der Waals surface area contributed by atoms with Crippen LogP contribution in [0.15, 0.2) is 41.3 Å². The Labute approximate surface area is 124 Å². The number of rotatable bonds is 4. The molecule has 0 spiro atoms. The Bertz CT molecular complexity index is 853. The molecule has 0 aliphatic heterocycles. The lowest BCUT2D eigenvalue weighted by atomic mass is 10.2. The molecule has 2 aromatic carbocycles. The van der Waals surface area contributed by atoms with Crippen molar-refractivity contribution in [1.29, 1.82) is 0 Å². The number of aryl methyl sites for hydroxylation is 1. The number of nitro groups is 1. The van der Waals surface area contributed by atoms with Crippen molar-refractivity contribution < 1.29 is 22.1 Å². The summed E-state index contributed by atoms with van der Waals surface area (Å²) in [5, 5.41) is 10.8. The molecule has 0 unspecified atom stereocenters. The lowest BCUT2D eigenvalue weighted by molar-refractivity contribution is -0.385. The van der Waals surface area contributed by atoms with Gasteiger partial charge in [-0.25, -0.2) is 17.2 Å². The van der Waals surface area contributed by atoms with E-state index in [0.29, 0.717) is 6.07 Å². The normalized spacial score (nSPS) is 11.2. The van der Waals surface area contributed by atoms with Crippen molar-refractivity contribution in [3.05, 3.63) is 63.7 Å². The van der Waals surface area contributed by atoms with Crippen LogP contribution in [0.2, 0.25) is 0 Å². The largest absolute Gasteiger partial charge is 0.277 e. The second-order valence-electron chi connectivity index (χ2n) is 4.44. The average molecular weight is 328 g/mol. The van der Waals surface area contributed by atoms with Gasteiger partial charge in [-0.1, -0.05) is 6.07 Å². The number of benzene rings is 2. The monoisotopic (exact) mass is 328 g/mol. The molecule has 0 radical (unpaired) electrons. The van der Waals surface area contributed by atoms with Gasteiger partial charge in [0.2, 0.25) is 0 Å². The van der Waals surface area contributed by atoms with Crippen LogP contribution < -0.4 is 4.72 Å². The third-order valence-electron chi connectivity index (χ3n) is 2.86. The zero-order chi connectivity index (χ0) is 16.5. The fourth-order valence-electron chi connectivity index (χ4n) is 1.73. The molecule has 0 heterocycles. The number of sulfonamides is 1. The minimum absolute atomic E-state index is 0.279. The standard InChI is InChI=1S/C13H10F2N2O4S/c1-8-2-4-10(7-13(8)17(18)19)22(20,21)16-12-6-9(14)3-5-11(12)15/h2-7,16H,1H3. The summed E-state index contributed by atoms with van der Waals surface area (Å²) in [6, 6.07) is 5.54. The van der Waals surface area contributed by atoms with Crippen molar-refractivity contribution in [3.8, 4) is 0 Å². The zero-order valence-corrected chi connectivity index (χ0v) is 12.0. The number of hydrogen-bond acceptors (Lipinski definition) is 4. The summed E-state index contributed by atoms with van der Waals surface area (Å²) in [4.78, 5) is 9.69. The first-order valence-corrected chi connectivity index (χ1v) is 7.42. The van der Waals surface area contributed by atoms with E-state index in [-0.39, 0.29) is 11.3 Å². The minimum atomic E-state index is -4.29. The summed E-state index contributed by atoms with van der Waals surface area (Å²) in [5.74, 6) is -1.79. The summed E-state index contributed by atoms with van der Waals surface area (Å²) in [5.41, 5.74) is -0.688. The molecule has 0 amide bonds. The van der Waals surface area contributed by atoms with Gasteiger partial charge in [0.25, 0.3) is 15.7 Å². The molecule has 9 heteroatoms. The number of hydrogen-bond donors (Lipinski definition) is 1. The van der Waals surface area contributed by atoms with E-state index < -0.39 is 37.2 Å². The molecule has 0 atom stereocenters. The Morgan fingerprint density at radius 2 is 1.82 bits per heavy atom. The van der Waals surface area contributed by atoms with E-state index in [1.807, 2.05) is 4.72 Å². The Balaban J connectivity index is 2.45. The Kier molecular flexibility index (Phi) is 4.09. The minimum Gasteiger partial charge on any atom is -0.277 e. The van der Waals surface area contributed by atoms with Gasteiger partial charge in [-0.2, -0.15) is 0 Å². The molecule has 0 saturated heterocycles. The highest BCUT2D eigenvalue weighted by atomic mass is 32.2. The Morgan fingerprint density at radius 3 is 2.45 bits per heavy atom. The molecule has 6 nitrogen and oxygen atoms in total. The second-order valence-corrected chi connectivity index (χ2v) is 6.12. The summed E-state index contributed by atoms with van der Waals surface area (Å²) in [6.45, 7) is 1.45. The van der Waals surface area contributed by atoms with Gasteiger partial charge in [0.05, 0.1) is 15.5 Å². The van der Waals surface area contributed by atoms with Crippen LogP contribution in [0.4, 0.5) is 20.2 Å². The van der Waals surface area contributed by atoms with Gasteiger partial charge in [-0.3, -0.25) is 14.8 Å². The molecule has 22 heavy (non-hydrogen) atoms. The summed E-state index contributed by atoms with van der Waals surface area (Å²) in [7, 11) is -4.29. The quantitative estimate of drug-likeness (QED) is 0.690. The molecule has 0 fully saturated rings. The van der Waals surface area contributed by atoms with E-state index in [9.17, 15) is 27.3 Å². The van der Waals surface area contributed by atoms with Crippen molar-refractivity contribution in [2.75, 3.05) is 4.72 Å². The maximum absolute atomic E-state index is 13.5. The maximum atomic E-state index is 13.5. The molecular formula is C13H10F2N2O4S. The van der Waals surface area contributed by atoms with Gasteiger partial charge in [0.15, 0.2) is 0 Å². The van der Waals surface area contributed by atoms with Gasteiger partial charge in [-0.05, 0) is 25.1 Å². The lowest BCUT2D eigenvalue weighted by Crippen LogP contribution is -2.14. The van der Waals surface area contributed by atoms with Crippen LogP contribution in [0.3, 0.4) is 0 Å². The number of nitrogens with one attached hydrogen (secondary N) is 1. The van der Waals surface area contributed by atoms with Gasteiger partial charge in [0.1, 0.15) is 11.6 Å². The number of halogens is 2. The van der Waals surface area contributed by atoms with Crippen LogP contribution in [0, 0.1) is 28.7 Å². The maximum Gasteiger partial charge on any atom is 0.273 e. The van der Waals surface area contributed by atoms with Crippen molar-refractivity contribution in [2.24, 2.45) is 0 Å². The van der Waals surface area contributed by atoms with E-state index in [4.69, 9.17) is 0 Å². The first-order valence-electron chi connectivity index (χ1n) is 5.93. The highest BCUT2D eigenvalue weighted by Gasteiger charge is 2.21. The zero-order valence-electron chi connectivity index (χ0n) is 11.2. The predicted octanol–water partition coefficient (Wildman–Crippen LogP) is 2.98. The smallest absolute Gasteiger partial charge is 0.273 e. The lowest BCUT2D eigenvalue weighted by Gasteiger charge is -2.09. The summed E-state index contributed by atoms with van der Waals surface area (Å²) < 4.78 is 52.7. The molecular weight excluding hydrogens is 318 g/mol. The molecule has 0 bridgehead atoms. The van der Waals surface area contributed by atoms with E-state index in [0.717, 1.165) is 24.3 Å². The van der Waals surface area contributed by atoms with Crippen LogP contribution in [0.5, 0.6) is 0 Å². The predicted molar refractivity (Wildman–Crippen MR) is 75.0 cm³/mol. The highest BCUT2D eigenvalue weighted by Crippen LogP contribution is 2.25. The fourth-order valence-corrected chi connectivity index (χ4v) is 2.81. The van der Waals surface area contributed by atoms with Gasteiger partial charge in [0, 0.05) is 17.7 Å². The molecule has 0 aliphatic rings. The van der Waals surface area contributed by atoms with Crippen molar-refractivity contribution >= 4 is 21.4 Å². The van der Waals surface area contributed by atoms with E-state index in [2.05, 4.69) is 0 Å². The average Bonchev–Trinajstić information content (AvgIpc) is 2.42. The molecule has 0 aromatic heterocycles. The van der Waals surface area contributed by atoms with Crippen LogP contribution >= 0.6 is 0 Å². The topological polar surface area (TPSA) is 89.3 Å². The van der Waals surface area contributed by atoms with Crippen molar-refractivity contribution in [1.82, 2.24) is 0 Å². The molecule has 2 aromatic rings. The van der Waals surface area contributed by atoms with E-state index in [1.54, 1.807) is 0 Å². The second kappa shape index (κ2) is 5.68. The van der Waals surface area contributed by atoms with Crippen LogP contribution in [-0.2, 0) is 10.0 Å². The van der Waals surface area contributed by atoms with Crippen LogP contribution in [-0.4, -0.2) is 13.3 Å². The van der Waals surface area contributed by atoms with Crippen LogP contribution in [0.25, 0.3) is 0 Å².